The van der Waals surface area contributed by atoms with Crippen LogP contribution < -0.4 is 27.0 Å². The van der Waals surface area contributed by atoms with Gasteiger partial charge in [-0.2, -0.15) is 0 Å². The Balaban J connectivity index is 0.750. The number of imide groups is 1. The second-order valence-corrected chi connectivity index (χ2v) is 20.4. The number of nitrogens with zero attached hydrogens (tertiary/aromatic N) is 4. The van der Waals surface area contributed by atoms with Crippen LogP contribution in [0.25, 0.3) is 11.0 Å². The number of piperidine rings is 1. The van der Waals surface area contributed by atoms with Crippen molar-refractivity contribution in [2.75, 3.05) is 38.0 Å². The third-order valence-corrected chi connectivity index (χ3v) is 16.5. The SMILES string of the molecule is Cc1ccc2c(c1)NC(=O)[C@]21[C@@H](c2cccc(C)c2F)[C@H](C(=O)NC2CCC(C(=O)N3CCN(CCCc4ccc5c(c4)n(C)c(=O)n5C4CCC(=O)NC4=O)CC3)CC2)NC12CCCCC2. The van der Waals surface area contributed by atoms with Crippen LogP contribution in [0.3, 0.4) is 0 Å². The predicted octanol–water partition coefficient (Wildman–Crippen LogP) is 5.17. The first kappa shape index (κ1) is 45.1. The molecule has 5 amide bonds. The van der Waals surface area contributed by atoms with E-state index in [9.17, 15) is 28.8 Å². The summed E-state index contributed by atoms with van der Waals surface area (Å²) < 4.78 is 19.6. The number of hydrogen-bond acceptors (Lipinski definition) is 8. The number of carbonyl (C=O) groups excluding carboxylic acids is 5. The molecule has 354 valence electrons. The van der Waals surface area contributed by atoms with Crippen molar-refractivity contribution in [1.29, 1.82) is 0 Å². The Labute approximate surface area is 390 Å². The highest BCUT2D eigenvalue weighted by Crippen LogP contribution is 2.62. The second-order valence-electron chi connectivity index (χ2n) is 20.4. The third-order valence-electron chi connectivity index (χ3n) is 16.5. The molecule has 15 heteroatoms. The van der Waals surface area contributed by atoms with E-state index < -0.39 is 34.9 Å². The average molecular weight is 915 g/mol. The van der Waals surface area contributed by atoms with Crippen molar-refractivity contribution in [2.24, 2.45) is 13.0 Å². The summed E-state index contributed by atoms with van der Waals surface area (Å²) in [5.41, 5.74) is 3.80. The summed E-state index contributed by atoms with van der Waals surface area (Å²) in [5, 5.41) is 12.7. The molecule has 2 spiro atoms. The molecular weight excluding hydrogens is 852 g/mol. The van der Waals surface area contributed by atoms with Crippen LogP contribution in [0.15, 0.2) is 59.4 Å². The molecule has 4 aromatic rings. The van der Waals surface area contributed by atoms with Gasteiger partial charge >= 0.3 is 5.69 Å². The lowest BCUT2D eigenvalue weighted by Gasteiger charge is -2.47. The Morgan fingerprint density at radius 2 is 1.61 bits per heavy atom. The minimum absolute atomic E-state index is 0.106. The molecule has 10 rings (SSSR count). The molecule has 5 fully saturated rings. The maximum absolute atomic E-state index is 16.5. The first-order valence-corrected chi connectivity index (χ1v) is 24.6. The number of aromatic nitrogens is 2. The van der Waals surface area contributed by atoms with E-state index in [1.807, 2.05) is 54.3 Å². The number of piperazine rings is 1. The molecule has 5 heterocycles. The molecule has 0 bridgehead atoms. The standard InChI is InChI=1S/C52H63FN8O6/c1-31-12-18-37-38(29-31)55-49(66)52(37)43(36-11-7-9-32(2)44(36)53)45(57-51(52)22-5-4-6-23-51)47(64)54-35-16-14-34(15-17-35)48(65)60-27-25-59(26-28-60)24-8-10-33-13-19-39-41(30-33)58(3)50(67)61(39)40-20-21-42(62)56-46(40)63/h7,9,11-13,18-19,29-30,34-35,40,43,45,57H,4-6,8,10,14-17,20-28H2,1-3H3,(H,54,64)(H,55,66)(H,56,62,63)/t34?,35?,40?,43-,45+,52+/m0/s1. The largest absolute Gasteiger partial charge is 0.352 e. The van der Waals surface area contributed by atoms with Crippen LogP contribution in [0.5, 0.6) is 0 Å². The zero-order valence-electron chi connectivity index (χ0n) is 38.9. The van der Waals surface area contributed by atoms with Crippen molar-refractivity contribution in [1.82, 2.24) is 34.9 Å². The van der Waals surface area contributed by atoms with Gasteiger partial charge in [0.1, 0.15) is 17.3 Å². The van der Waals surface area contributed by atoms with Gasteiger partial charge < -0.3 is 15.5 Å². The number of hydrogen-bond donors (Lipinski definition) is 4. The fourth-order valence-corrected chi connectivity index (χ4v) is 13.0. The van der Waals surface area contributed by atoms with E-state index in [-0.39, 0.29) is 53.5 Å². The van der Waals surface area contributed by atoms with Crippen molar-refractivity contribution in [3.05, 3.63) is 98.7 Å². The smallest absolute Gasteiger partial charge is 0.329 e. The highest BCUT2D eigenvalue weighted by Gasteiger charge is 2.72. The van der Waals surface area contributed by atoms with Gasteiger partial charge in [0.05, 0.1) is 17.1 Å². The highest BCUT2D eigenvalue weighted by molar-refractivity contribution is 6.10. The van der Waals surface area contributed by atoms with Gasteiger partial charge in [0.2, 0.25) is 29.5 Å². The topological polar surface area (TPSA) is 167 Å². The van der Waals surface area contributed by atoms with Gasteiger partial charge in [0, 0.05) is 68.8 Å². The minimum atomic E-state index is -1.19. The van der Waals surface area contributed by atoms with Crippen LogP contribution in [0.2, 0.25) is 0 Å². The predicted molar refractivity (Wildman–Crippen MR) is 252 cm³/mol. The number of halogens is 1. The third kappa shape index (κ3) is 7.69. The summed E-state index contributed by atoms with van der Waals surface area (Å²) in [4.78, 5) is 85.4. The lowest BCUT2D eigenvalue weighted by Crippen LogP contribution is -2.60. The van der Waals surface area contributed by atoms with E-state index in [1.54, 1.807) is 30.7 Å². The molecule has 2 aliphatic carbocycles. The molecule has 67 heavy (non-hydrogen) atoms. The molecule has 4 aliphatic heterocycles. The Kier molecular flexibility index (Phi) is 12.0. The Morgan fingerprint density at radius 1 is 0.851 bits per heavy atom. The number of anilines is 1. The molecule has 1 aromatic heterocycles. The summed E-state index contributed by atoms with van der Waals surface area (Å²) in [6, 6.07) is 15.6. The number of aryl methyl sites for hydroxylation is 4. The van der Waals surface area contributed by atoms with Crippen molar-refractivity contribution in [2.45, 2.75) is 132 Å². The summed E-state index contributed by atoms with van der Waals surface area (Å²) >= 11 is 0. The monoisotopic (exact) mass is 914 g/mol. The Hall–Kier alpha value is -5.67. The van der Waals surface area contributed by atoms with Crippen LogP contribution in [-0.4, -0.2) is 98.8 Å². The number of benzene rings is 3. The van der Waals surface area contributed by atoms with Gasteiger partial charge in [0.15, 0.2) is 0 Å². The van der Waals surface area contributed by atoms with Gasteiger partial charge in [-0.05, 0) is 124 Å². The highest BCUT2D eigenvalue weighted by atomic mass is 19.1. The number of imidazole rings is 1. The molecule has 3 saturated heterocycles. The maximum atomic E-state index is 16.5. The van der Waals surface area contributed by atoms with Crippen LogP contribution >= 0.6 is 0 Å². The number of carbonyl (C=O) groups is 5. The number of nitrogens with one attached hydrogen (secondary N) is 4. The normalized spacial score (nSPS) is 27.4. The van der Waals surface area contributed by atoms with E-state index in [0.29, 0.717) is 74.7 Å². The van der Waals surface area contributed by atoms with Crippen LogP contribution in [0.1, 0.15) is 117 Å². The molecular formula is C52H63FN8O6. The summed E-state index contributed by atoms with van der Waals surface area (Å²) in [5.74, 6) is -2.23. The van der Waals surface area contributed by atoms with E-state index >= 15 is 4.39 Å². The fourth-order valence-electron chi connectivity index (χ4n) is 13.0. The van der Waals surface area contributed by atoms with E-state index in [4.69, 9.17) is 0 Å². The maximum Gasteiger partial charge on any atom is 0.329 e. The molecule has 1 unspecified atom stereocenters. The van der Waals surface area contributed by atoms with Gasteiger partial charge in [-0.25, -0.2) is 9.18 Å². The van der Waals surface area contributed by atoms with Gasteiger partial charge in [-0.1, -0.05) is 55.7 Å². The van der Waals surface area contributed by atoms with Crippen molar-refractivity contribution >= 4 is 46.3 Å². The quantitative estimate of drug-likeness (QED) is 0.167. The first-order chi connectivity index (χ1) is 32.3. The molecule has 2 saturated carbocycles. The first-order valence-electron chi connectivity index (χ1n) is 24.6. The average Bonchev–Trinajstić information content (AvgIpc) is 3.87. The second kappa shape index (κ2) is 17.8. The van der Waals surface area contributed by atoms with Gasteiger partial charge in [-0.3, -0.25) is 48.6 Å². The van der Waals surface area contributed by atoms with Crippen molar-refractivity contribution in [3.8, 4) is 0 Å². The fraction of sp³-hybridized carbons (Fsp3) is 0.538. The summed E-state index contributed by atoms with van der Waals surface area (Å²) in [7, 11) is 1.71. The lowest BCUT2D eigenvalue weighted by molar-refractivity contribution is -0.139. The lowest BCUT2D eigenvalue weighted by atomic mass is 9.55. The number of rotatable bonds is 9. The summed E-state index contributed by atoms with van der Waals surface area (Å²) in [6.07, 6.45) is 9.17. The van der Waals surface area contributed by atoms with E-state index in [2.05, 4.69) is 26.2 Å². The van der Waals surface area contributed by atoms with E-state index in [1.165, 1.54) is 4.57 Å². The molecule has 3 aromatic carbocycles. The molecule has 14 nitrogen and oxygen atoms in total. The van der Waals surface area contributed by atoms with Crippen LogP contribution in [-0.2, 0) is 42.9 Å². The molecule has 4 atom stereocenters. The number of fused-ring (bicyclic) bond motifs is 4. The Morgan fingerprint density at radius 3 is 2.36 bits per heavy atom. The van der Waals surface area contributed by atoms with Gasteiger partial charge in [-0.15, -0.1) is 0 Å². The van der Waals surface area contributed by atoms with E-state index in [0.717, 1.165) is 79.6 Å². The van der Waals surface area contributed by atoms with Crippen molar-refractivity contribution < 1.29 is 28.4 Å². The van der Waals surface area contributed by atoms with Crippen LogP contribution in [0, 0.1) is 25.6 Å². The zero-order valence-corrected chi connectivity index (χ0v) is 38.9. The van der Waals surface area contributed by atoms with Crippen molar-refractivity contribution in [3.63, 3.8) is 0 Å². The molecule has 4 N–H and O–H groups in total. The molecule has 0 radical (unpaired) electrons. The van der Waals surface area contributed by atoms with Crippen LogP contribution in [0.4, 0.5) is 10.1 Å². The zero-order chi connectivity index (χ0) is 46.8. The summed E-state index contributed by atoms with van der Waals surface area (Å²) in [6.45, 7) is 7.53. The Bertz CT molecular complexity index is 2710. The van der Waals surface area contributed by atoms with Gasteiger partial charge in [0.25, 0.3) is 0 Å². The number of amides is 5. The minimum Gasteiger partial charge on any atom is -0.352 e. The molecule has 6 aliphatic rings.